The third-order valence-electron chi connectivity index (χ3n) is 2.82. The molecule has 0 atom stereocenters. The predicted octanol–water partition coefficient (Wildman–Crippen LogP) is 1.35. The van der Waals surface area contributed by atoms with Gasteiger partial charge in [-0.25, -0.2) is 8.78 Å². The molecule has 0 aromatic carbocycles. The zero-order chi connectivity index (χ0) is 12.3. The fraction of sp³-hybridized carbons (Fsp3) is 0.800. The van der Waals surface area contributed by atoms with Crippen molar-refractivity contribution in [3.63, 3.8) is 0 Å². The molecule has 0 radical (unpaired) electrons. The molecule has 0 unspecified atom stereocenters. The Morgan fingerprint density at radius 1 is 1.38 bits per heavy atom. The standard InChI is InChI=1S/C10H15F2NO3/c1-13(6-8(14)15)9(16)7-2-4-10(11,12)5-3-7/h7H,2-6H2,1H3,(H,14,15). The Morgan fingerprint density at radius 3 is 2.31 bits per heavy atom. The second-order valence-corrected chi connectivity index (χ2v) is 4.22. The molecule has 0 aliphatic heterocycles. The summed E-state index contributed by atoms with van der Waals surface area (Å²) in [5.41, 5.74) is 0. The van der Waals surface area contributed by atoms with Crippen molar-refractivity contribution < 1.29 is 23.5 Å². The molecular formula is C10H15F2NO3. The molecule has 1 fully saturated rings. The molecule has 0 aromatic rings. The molecule has 0 heterocycles. The van der Waals surface area contributed by atoms with Crippen LogP contribution < -0.4 is 0 Å². The number of halogens is 2. The summed E-state index contributed by atoms with van der Waals surface area (Å²) in [7, 11) is 1.38. The highest BCUT2D eigenvalue weighted by Gasteiger charge is 2.38. The minimum absolute atomic E-state index is 0.135. The van der Waals surface area contributed by atoms with E-state index in [0.29, 0.717) is 0 Å². The minimum Gasteiger partial charge on any atom is -0.480 e. The van der Waals surface area contributed by atoms with E-state index in [1.165, 1.54) is 7.05 Å². The third-order valence-corrected chi connectivity index (χ3v) is 2.82. The smallest absolute Gasteiger partial charge is 0.323 e. The van der Waals surface area contributed by atoms with E-state index >= 15 is 0 Å². The first-order valence-electron chi connectivity index (χ1n) is 5.16. The number of aliphatic carboxylic acids is 1. The van der Waals surface area contributed by atoms with Gasteiger partial charge in [0.15, 0.2) is 0 Å². The highest BCUT2D eigenvalue weighted by molar-refractivity contribution is 5.82. The summed E-state index contributed by atoms with van der Waals surface area (Å²) in [6.45, 7) is -0.383. The van der Waals surface area contributed by atoms with Crippen LogP contribution in [0.25, 0.3) is 0 Å². The van der Waals surface area contributed by atoms with Gasteiger partial charge in [-0.1, -0.05) is 0 Å². The molecule has 0 saturated heterocycles. The highest BCUT2D eigenvalue weighted by Crippen LogP contribution is 2.36. The van der Waals surface area contributed by atoms with Crippen LogP contribution >= 0.6 is 0 Å². The summed E-state index contributed by atoms with van der Waals surface area (Å²) in [4.78, 5) is 23.1. The number of rotatable bonds is 3. The first kappa shape index (κ1) is 12.9. The number of carbonyl (C=O) groups is 2. The van der Waals surface area contributed by atoms with Crippen LogP contribution in [0.1, 0.15) is 25.7 Å². The highest BCUT2D eigenvalue weighted by atomic mass is 19.3. The van der Waals surface area contributed by atoms with Crippen LogP contribution in [-0.2, 0) is 9.59 Å². The zero-order valence-corrected chi connectivity index (χ0v) is 9.08. The average molecular weight is 235 g/mol. The molecule has 0 bridgehead atoms. The maximum Gasteiger partial charge on any atom is 0.323 e. The molecule has 0 spiro atoms. The molecule has 16 heavy (non-hydrogen) atoms. The monoisotopic (exact) mass is 235 g/mol. The number of hydrogen-bond acceptors (Lipinski definition) is 2. The van der Waals surface area contributed by atoms with Gasteiger partial charge >= 0.3 is 5.97 Å². The molecule has 1 aliphatic rings. The Hall–Kier alpha value is -1.20. The van der Waals surface area contributed by atoms with Crippen LogP contribution in [0.2, 0.25) is 0 Å². The van der Waals surface area contributed by atoms with Crippen molar-refractivity contribution >= 4 is 11.9 Å². The topological polar surface area (TPSA) is 57.6 Å². The van der Waals surface area contributed by atoms with Crippen molar-refractivity contribution in [2.24, 2.45) is 5.92 Å². The molecule has 4 nitrogen and oxygen atoms in total. The number of likely N-dealkylation sites (N-methyl/N-ethyl adjacent to an activating group) is 1. The molecule has 0 aromatic heterocycles. The Kier molecular flexibility index (Phi) is 3.83. The largest absolute Gasteiger partial charge is 0.480 e. The lowest BCUT2D eigenvalue weighted by Crippen LogP contribution is -2.39. The third kappa shape index (κ3) is 3.43. The van der Waals surface area contributed by atoms with Crippen molar-refractivity contribution in [3.8, 4) is 0 Å². The van der Waals surface area contributed by atoms with E-state index in [0.717, 1.165) is 4.90 Å². The van der Waals surface area contributed by atoms with E-state index in [2.05, 4.69) is 0 Å². The Morgan fingerprint density at radius 2 is 1.88 bits per heavy atom. The van der Waals surface area contributed by atoms with Gasteiger partial charge in [-0.15, -0.1) is 0 Å². The number of carbonyl (C=O) groups excluding carboxylic acids is 1. The average Bonchev–Trinajstić information content (AvgIpc) is 2.15. The van der Waals surface area contributed by atoms with Gasteiger partial charge in [0.1, 0.15) is 6.54 Å². The zero-order valence-electron chi connectivity index (χ0n) is 9.08. The molecule has 1 rings (SSSR count). The Bertz CT molecular complexity index is 284. The van der Waals surface area contributed by atoms with Crippen molar-refractivity contribution in [2.45, 2.75) is 31.6 Å². The maximum atomic E-state index is 12.8. The van der Waals surface area contributed by atoms with Gasteiger partial charge in [-0.3, -0.25) is 9.59 Å². The van der Waals surface area contributed by atoms with E-state index in [-0.39, 0.29) is 38.1 Å². The maximum absolute atomic E-state index is 12.8. The lowest BCUT2D eigenvalue weighted by Gasteiger charge is -2.29. The lowest BCUT2D eigenvalue weighted by molar-refractivity contribution is -0.147. The van der Waals surface area contributed by atoms with E-state index in [1.54, 1.807) is 0 Å². The summed E-state index contributed by atoms with van der Waals surface area (Å²) in [6.07, 6.45) is -0.305. The number of amides is 1. The van der Waals surface area contributed by atoms with Crippen LogP contribution in [0.3, 0.4) is 0 Å². The molecule has 1 aliphatic carbocycles. The predicted molar refractivity (Wildman–Crippen MR) is 52.2 cm³/mol. The van der Waals surface area contributed by atoms with Crippen LogP contribution in [0.5, 0.6) is 0 Å². The van der Waals surface area contributed by atoms with Crippen molar-refractivity contribution in [1.29, 1.82) is 0 Å². The van der Waals surface area contributed by atoms with Crippen LogP contribution in [0.15, 0.2) is 0 Å². The fourth-order valence-electron chi connectivity index (χ4n) is 1.88. The quantitative estimate of drug-likeness (QED) is 0.803. The van der Waals surface area contributed by atoms with Crippen molar-refractivity contribution in [2.75, 3.05) is 13.6 Å². The number of carboxylic acid groups (broad SMARTS) is 1. The van der Waals surface area contributed by atoms with Crippen LogP contribution in [0, 0.1) is 5.92 Å². The van der Waals surface area contributed by atoms with E-state index < -0.39 is 17.8 Å². The normalized spacial score (nSPS) is 20.4. The van der Waals surface area contributed by atoms with Gasteiger partial charge in [0.2, 0.25) is 11.8 Å². The molecule has 1 amide bonds. The van der Waals surface area contributed by atoms with Crippen LogP contribution in [-0.4, -0.2) is 41.4 Å². The van der Waals surface area contributed by atoms with E-state index in [9.17, 15) is 18.4 Å². The van der Waals surface area contributed by atoms with E-state index in [1.807, 2.05) is 0 Å². The second-order valence-electron chi connectivity index (χ2n) is 4.22. The van der Waals surface area contributed by atoms with Gasteiger partial charge < -0.3 is 10.0 Å². The first-order valence-corrected chi connectivity index (χ1v) is 5.16. The molecular weight excluding hydrogens is 220 g/mol. The fourth-order valence-corrected chi connectivity index (χ4v) is 1.88. The van der Waals surface area contributed by atoms with Crippen molar-refractivity contribution in [3.05, 3.63) is 0 Å². The van der Waals surface area contributed by atoms with Gasteiger partial charge in [0.25, 0.3) is 0 Å². The van der Waals surface area contributed by atoms with Gasteiger partial charge in [0, 0.05) is 25.8 Å². The summed E-state index contributed by atoms with van der Waals surface area (Å²) < 4.78 is 25.7. The molecule has 92 valence electrons. The Labute approximate surface area is 92.2 Å². The molecule has 1 saturated carbocycles. The SMILES string of the molecule is CN(CC(=O)O)C(=O)C1CCC(F)(F)CC1. The van der Waals surface area contributed by atoms with Crippen molar-refractivity contribution in [1.82, 2.24) is 4.90 Å². The lowest BCUT2D eigenvalue weighted by atomic mass is 9.86. The summed E-state index contributed by atoms with van der Waals surface area (Å²) in [5.74, 6) is -4.57. The number of carboxylic acids is 1. The molecule has 1 N–H and O–H groups in total. The number of nitrogens with zero attached hydrogens (tertiary/aromatic N) is 1. The second kappa shape index (κ2) is 4.76. The molecule has 6 heteroatoms. The summed E-state index contributed by atoms with van der Waals surface area (Å²) in [6, 6.07) is 0. The van der Waals surface area contributed by atoms with Gasteiger partial charge in [-0.05, 0) is 12.8 Å². The van der Waals surface area contributed by atoms with Gasteiger partial charge in [0.05, 0.1) is 0 Å². The number of alkyl halides is 2. The first-order chi connectivity index (χ1) is 7.32. The summed E-state index contributed by atoms with van der Waals surface area (Å²) in [5, 5.41) is 8.50. The Balaban J connectivity index is 2.47. The van der Waals surface area contributed by atoms with Gasteiger partial charge in [-0.2, -0.15) is 0 Å². The minimum atomic E-state index is -2.66. The van der Waals surface area contributed by atoms with Crippen LogP contribution in [0.4, 0.5) is 8.78 Å². The summed E-state index contributed by atoms with van der Waals surface area (Å²) >= 11 is 0. The number of hydrogen-bond donors (Lipinski definition) is 1. The van der Waals surface area contributed by atoms with E-state index in [4.69, 9.17) is 5.11 Å².